The number of imide groups is 1. The minimum atomic E-state index is -0.744. The van der Waals surface area contributed by atoms with Gasteiger partial charge in [-0.1, -0.05) is 36.4 Å². The Morgan fingerprint density at radius 2 is 1.81 bits per heavy atom. The van der Waals surface area contributed by atoms with E-state index in [1.165, 1.54) is 7.11 Å². The molecule has 4 amide bonds. The third-order valence-electron chi connectivity index (χ3n) is 6.48. The summed E-state index contributed by atoms with van der Waals surface area (Å²) in [5.41, 5.74) is 3.56. The van der Waals surface area contributed by atoms with E-state index in [9.17, 15) is 14.4 Å². The van der Waals surface area contributed by atoms with Crippen molar-refractivity contribution in [3.63, 3.8) is 0 Å². The molecule has 2 aromatic heterocycles. The Hall–Kier alpha value is -4.79. The van der Waals surface area contributed by atoms with Gasteiger partial charge in [-0.25, -0.2) is 4.79 Å². The highest BCUT2D eigenvalue weighted by atomic mass is 16.5. The van der Waals surface area contributed by atoms with Crippen molar-refractivity contribution in [2.24, 2.45) is 0 Å². The summed E-state index contributed by atoms with van der Waals surface area (Å²) in [5, 5.41) is 8.22. The van der Waals surface area contributed by atoms with Crippen molar-refractivity contribution in [2.75, 3.05) is 19.0 Å². The van der Waals surface area contributed by atoms with Crippen molar-refractivity contribution in [3.8, 4) is 5.75 Å². The molecule has 0 saturated carbocycles. The van der Waals surface area contributed by atoms with E-state index in [1.807, 2.05) is 54.7 Å². The molecule has 9 heteroatoms. The molecule has 1 aliphatic heterocycles. The number of amides is 4. The van der Waals surface area contributed by atoms with E-state index in [0.29, 0.717) is 23.4 Å². The molecule has 3 N–H and O–H groups in total. The van der Waals surface area contributed by atoms with Crippen molar-refractivity contribution >= 4 is 56.4 Å². The normalized spacial score (nSPS) is 15.7. The van der Waals surface area contributed by atoms with Crippen LogP contribution < -0.4 is 15.4 Å². The van der Waals surface area contributed by atoms with E-state index in [4.69, 9.17) is 9.15 Å². The summed E-state index contributed by atoms with van der Waals surface area (Å²) < 4.78 is 11.4. The Labute approximate surface area is 205 Å². The molecule has 3 aromatic carbocycles. The molecule has 0 unspecified atom stereocenters. The number of carbonyl (C=O) groups excluding carboxylic acids is 3. The van der Waals surface area contributed by atoms with Gasteiger partial charge in [0.1, 0.15) is 29.5 Å². The Bertz CT molecular complexity index is 1670. The summed E-state index contributed by atoms with van der Waals surface area (Å²) in [6, 6.07) is 17.5. The second-order valence-corrected chi connectivity index (χ2v) is 8.69. The molecule has 5 aromatic rings. The van der Waals surface area contributed by atoms with E-state index in [2.05, 4.69) is 15.6 Å². The lowest BCUT2D eigenvalue weighted by molar-refractivity contribution is -0.130. The van der Waals surface area contributed by atoms with Crippen molar-refractivity contribution < 1.29 is 23.5 Å². The molecule has 0 radical (unpaired) electrons. The van der Waals surface area contributed by atoms with E-state index in [1.54, 1.807) is 12.1 Å². The fourth-order valence-electron chi connectivity index (χ4n) is 4.74. The van der Waals surface area contributed by atoms with Gasteiger partial charge >= 0.3 is 6.03 Å². The van der Waals surface area contributed by atoms with Crippen LogP contribution in [0.1, 0.15) is 5.56 Å². The second-order valence-electron chi connectivity index (χ2n) is 8.69. The van der Waals surface area contributed by atoms with Gasteiger partial charge in [-0.2, -0.15) is 0 Å². The predicted molar refractivity (Wildman–Crippen MR) is 135 cm³/mol. The van der Waals surface area contributed by atoms with Gasteiger partial charge in [0.2, 0.25) is 5.91 Å². The standard InChI is InChI=1S/C27H22N4O5/c1-35-24-11-18-17-7-3-5-9-22(17)36-23(18)12-20(24)29-25(32)14-31-26(33)21(30-27(31)34)10-15-13-28-19-8-4-2-6-16(15)19/h2-9,11-13,21,28H,10,14H2,1H3,(H,29,32)(H,30,34)/t21-/m1/s1. The minimum absolute atomic E-state index is 0.323. The number of ether oxygens (including phenoxy) is 1. The molecule has 36 heavy (non-hydrogen) atoms. The largest absolute Gasteiger partial charge is 0.495 e. The summed E-state index contributed by atoms with van der Waals surface area (Å²) in [5.74, 6) is -0.531. The van der Waals surface area contributed by atoms with Crippen molar-refractivity contribution in [1.29, 1.82) is 0 Å². The van der Waals surface area contributed by atoms with Crippen LogP contribution in [0.25, 0.3) is 32.8 Å². The first-order valence-corrected chi connectivity index (χ1v) is 11.5. The fraction of sp³-hybridized carbons (Fsp3) is 0.148. The second kappa shape index (κ2) is 8.46. The van der Waals surface area contributed by atoms with Gasteiger partial charge in [-0.15, -0.1) is 0 Å². The number of urea groups is 1. The molecule has 1 saturated heterocycles. The van der Waals surface area contributed by atoms with Crippen LogP contribution in [0.2, 0.25) is 0 Å². The quantitative estimate of drug-likeness (QED) is 0.314. The maximum atomic E-state index is 13.0. The maximum Gasteiger partial charge on any atom is 0.325 e. The number of nitrogens with zero attached hydrogens (tertiary/aromatic N) is 1. The van der Waals surface area contributed by atoms with Crippen LogP contribution in [0.15, 0.2) is 71.3 Å². The highest BCUT2D eigenvalue weighted by Crippen LogP contribution is 2.36. The first-order chi connectivity index (χ1) is 17.5. The predicted octanol–water partition coefficient (Wildman–Crippen LogP) is 4.18. The van der Waals surface area contributed by atoms with Crippen LogP contribution in [0, 0.1) is 0 Å². The highest BCUT2D eigenvalue weighted by Gasteiger charge is 2.39. The molecule has 1 fully saturated rings. The van der Waals surface area contributed by atoms with Crippen LogP contribution in [0.4, 0.5) is 10.5 Å². The molecule has 9 nitrogen and oxygen atoms in total. The monoisotopic (exact) mass is 482 g/mol. The number of benzene rings is 3. The van der Waals surface area contributed by atoms with Crippen LogP contribution in [0.5, 0.6) is 5.75 Å². The van der Waals surface area contributed by atoms with E-state index in [0.717, 1.165) is 37.7 Å². The molecule has 0 bridgehead atoms. The fourth-order valence-corrected chi connectivity index (χ4v) is 4.74. The Kier molecular flexibility index (Phi) is 5.10. The number of carbonyl (C=O) groups is 3. The number of anilines is 1. The molecule has 0 spiro atoms. The third-order valence-corrected chi connectivity index (χ3v) is 6.48. The number of nitrogens with one attached hydrogen (secondary N) is 3. The Balaban J connectivity index is 1.19. The smallest absolute Gasteiger partial charge is 0.325 e. The average molecular weight is 482 g/mol. The zero-order chi connectivity index (χ0) is 24.8. The number of H-pyrrole nitrogens is 1. The number of methoxy groups -OCH3 is 1. The number of hydrogen-bond donors (Lipinski definition) is 3. The van der Waals surface area contributed by atoms with Gasteiger partial charge in [0.15, 0.2) is 0 Å². The van der Waals surface area contributed by atoms with Gasteiger partial charge in [-0.3, -0.25) is 14.5 Å². The van der Waals surface area contributed by atoms with Crippen LogP contribution in [0.3, 0.4) is 0 Å². The van der Waals surface area contributed by atoms with E-state index < -0.39 is 30.4 Å². The number of para-hydroxylation sites is 2. The number of aromatic nitrogens is 1. The molecular formula is C27H22N4O5. The van der Waals surface area contributed by atoms with Gasteiger partial charge in [-0.05, 0) is 23.8 Å². The summed E-state index contributed by atoms with van der Waals surface area (Å²) in [4.78, 5) is 42.5. The summed E-state index contributed by atoms with van der Waals surface area (Å²) >= 11 is 0. The zero-order valence-electron chi connectivity index (χ0n) is 19.3. The number of aromatic amines is 1. The number of fused-ring (bicyclic) bond motifs is 4. The van der Waals surface area contributed by atoms with Crippen LogP contribution >= 0.6 is 0 Å². The van der Waals surface area contributed by atoms with Gasteiger partial charge in [0, 0.05) is 40.4 Å². The molecule has 180 valence electrons. The lowest BCUT2D eigenvalue weighted by Crippen LogP contribution is -2.38. The number of rotatable bonds is 6. The number of hydrogen-bond acceptors (Lipinski definition) is 5. The summed E-state index contributed by atoms with van der Waals surface area (Å²) in [6.07, 6.45) is 2.16. The summed E-state index contributed by atoms with van der Waals surface area (Å²) in [7, 11) is 1.51. The van der Waals surface area contributed by atoms with E-state index >= 15 is 0 Å². The highest BCUT2D eigenvalue weighted by molar-refractivity contribution is 6.10. The third kappa shape index (κ3) is 3.61. The Morgan fingerprint density at radius 1 is 1.03 bits per heavy atom. The lowest BCUT2D eigenvalue weighted by Gasteiger charge is -2.14. The van der Waals surface area contributed by atoms with Crippen molar-refractivity contribution in [3.05, 3.63) is 72.4 Å². The lowest BCUT2D eigenvalue weighted by atomic mass is 10.1. The zero-order valence-corrected chi connectivity index (χ0v) is 19.3. The molecular weight excluding hydrogens is 460 g/mol. The molecule has 1 aliphatic rings. The number of furan rings is 1. The van der Waals surface area contributed by atoms with Gasteiger partial charge in [0.05, 0.1) is 12.8 Å². The van der Waals surface area contributed by atoms with Crippen molar-refractivity contribution in [1.82, 2.24) is 15.2 Å². The van der Waals surface area contributed by atoms with E-state index in [-0.39, 0.29) is 0 Å². The SMILES string of the molecule is COc1cc2c(cc1NC(=O)CN1C(=O)N[C@H](Cc3c[nH]c4ccccc34)C1=O)oc1ccccc12. The summed E-state index contributed by atoms with van der Waals surface area (Å²) in [6.45, 7) is -0.420. The minimum Gasteiger partial charge on any atom is -0.495 e. The van der Waals surface area contributed by atoms with Gasteiger partial charge < -0.3 is 24.8 Å². The van der Waals surface area contributed by atoms with Crippen LogP contribution in [-0.2, 0) is 16.0 Å². The molecule has 3 heterocycles. The Morgan fingerprint density at radius 3 is 2.64 bits per heavy atom. The maximum absolute atomic E-state index is 13.0. The topological polar surface area (TPSA) is 117 Å². The van der Waals surface area contributed by atoms with Crippen LogP contribution in [-0.4, -0.2) is 47.4 Å². The first kappa shape index (κ1) is 21.7. The molecule has 1 atom stereocenters. The average Bonchev–Trinajstić information content (AvgIpc) is 3.53. The first-order valence-electron chi connectivity index (χ1n) is 11.5. The van der Waals surface area contributed by atoms with Gasteiger partial charge in [0.25, 0.3) is 5.91 Å². The molecule has 6 rings (SSSR count). The van der Waals surface area contributed by atoms with Crippen molar-refractivity contribution in [2.45, 2.75) is 12.5 Å². The molecule has 0 aliphatic carbocycles.